The number of halogens is 3. The second-order valence-electron chi connectivity index (χ2n) is 4.91. The lowest BCUT2D eigenvalue weighted by molar-refractivity contribution is -0.275. The van der Waals surface area contributed by atoms with Crippen molar-refractivity contribution in [2.75, 3.05) is 11.8 Å². The van der Waals surface area contributed by atoms with Crippen molar-refractivity contribution < 1.29 is 42.4 Å². The van der Waals surface area contributed by atoms with Gasteiger partial charge in [0.15, 0.2) is 0 Å². The summed E-state index contributed by atoms with van der Waals surface area (Å²) in [6.45, 7) is 0. The van der Waals surface area contributed by atoms with Crippen LogP contribution in [0.5, 0.6) is 11.5 Å². The largest absolute Gasteiger partial charge is 0.573 e. The Bertz CT molecular complexity index is 872. The summed E-state index contributed by atoms with van der Waals surface area (Å²) in [4.78, 5) is 22.5. The van der Waals surface area contributed by atoms with Gasteiger partial charge in [0.25, 0.3) is 0 Å². The van der Waals surface area contributed by atoms with Gasteiger partial charge in [0.2, 0.25) is 0 Å². The second-order valence-corrected chi connectivity index (χ2v) is 5.76. The van der Waals surface area contributed by atoms with E-state index in [1.165, 1.54) is 25.3 Å². The van der Waals surface area contributed by atoms with Gasteiger partial charge in [0.1, 0.15) is 11.5 Å². The van der Waals surface area contributed by atoms with E-state index in [4.69, 9.17) is 9.84 Å². The van der Waals surface area contributed by atoms with E-state index in [1.54, 1.807) is 0 Å². The number of carboxylic acids is 2. The van der Waals surface area contributed by atoms with Crippen LogP contribution in [0.4, 0.5) is 18.9 Å². The fourth-order valence-corrected chi connectivity index (χ4v) is 2.77. The van der Waals surface area contributed by atoms with Crippen LogP contribution in [0.25, 0.3) is 0 Å². The molecule has 0 aliphatic heterocycles. The number of benzene rings is 2. The summed E-state index contributed by atoms with van der Waals surface area (Å²) in [7, 11) is 1.23. The molecule has 144 valence electrons. The first kappa shape index (κ1) is 20.2. The molecule has 3 N–H and O–H groups in total. The van der Waals surface area contributed by atoms with Crippen LogP contribution in [0.2, 0.25) is 0 Å². The van der Waals surface area contributed by atoms with Gasteiger partial charge in [-0.05, 0) is 36.2 Å². The zero-order chi connectivity index (χ0) is 20.2. The molecule has 0 bridgehead atoms. The van der Waals surface area contributed by atoms with Crippen molar-refractivity contribution in [2.45, 2.75) is 11.3 Å². The van der Waals surface area contributed by atoms with E-state index in [0.717, 1.165) is 18.2 Å². The minimum atomic E-state index is -4.88. The highest BCUT2D eigenvalue weighted by atomic mass is 32.2. The standard InChI is InChI=1S/C16H12F3NO6S/c1-25-12-7-9(15(23)24)8(14(21)22)6-10(12)20-27-13-5-3-2-4-11(13)26-16(17,18)19/h2-7,20H,1H3,(H,21,22)(H,23,24). The molecule has 0 aliphatic carbocycles. The zero-order valence-corrected chi connectivity index (χ0v) is 14.4. The Kier molecular flexibility index (Phi) is 6.05. The molecule has 0 aliphatic rings. The topological polar surface area (TPSA) is 105 Å². The van der Waals surface area contributed by atoms with Crippen LogP contribution in [-0.4, -0.2) is 35.6 Å². The molecule has 7 nitrogen and oxygen atoms in total. The Morgan fingerprint density at radius 1 is 1.04 bits per heavy atom. The van der Waals surface area contributed by atoms with Gasteiger partial charge in [0, 0.05) is 0 Å². The molecule has 0 spiro atoms. The van der Waals surface area contributed by atoms with Gasteiger partial charge >= 0.3 is 18.3 Å². The summed E-state index contributed by atoms with van der Waals surface area (Å²) in [5.74, 6) is -3.40. The van der Waals surface area contributed by atoms with Gasteiger partial charge in [-0.15, -0.1) is 13.2 Å². The van der Waals surface area contributed by atoms with Gasteiger partial charge < -0.3 is 24.4 Å². The zero-order valence-electron chi connectivity index (χ0n) is 13.5. The average Bonchev–Trinajstić information content (AvgIpc) is 2.58. The number of para-hydroxylation sites is 1. The second kappa shape index (κ2) is 8.08. The summed E-state index contributed by atoms with van der Waals surface area (Å²) in [5.41, 5.74) is -0.936. The third-order valence-corrected chi connectivity index (χ3v) is 4.03. The number of anilines is 1. The van der Waals surface area contributed by atoms with Crippen molar-refractivity contribution in [1.29, 1.82) is 0 Å². The van der Waals surface area contributed by atoms with E-state index < -0.39 is 35.2 Å². The van der Waals surface area contributed by atoms with E-state index in [9.17, 15) is 27.9 Å². The van der Waals surface area contributed by atoms with E-state index in [0.29, 0.717) is 11.9 Å². The van der Waals surface area contributed by atoms with E-state index >= 15 is 0 Å². The van der Waals surface area contributed by atoms with Gasteiger partial charge in [0.05, 0.1) is 28.8 Å². The summed E-state index contributed by atoms with van der Waals surface area (Å²) in [6, 6.07) is 7.34. The molecule has 0 heterocycles. The number of ether oxygens (including phenoxy) is 2. The minimum absolute atomic E-state index is 0.000814. The van der Waals surface area contributed by atoms with Gasteiger partial charge in [-0.25, -0.2) is 9.59 Å². The summed E-state index contributed by atoms with van der Waals surface area (Å²) in [6.07, 6.45) is -4.88. The number of methoxy groups -OCH3 is 1. The van der Waals surface area contributed by atoms with Gasteiger partial charge in [-0.3, -0.25) is 0 Å². The molecule has 27 heavy (non-hydrogen) atoms. The SMILES string of the molecule is COc1cc(C(=O)O)c(C(=O)O)cc1NSc1ccccc1OC(F)(F)F. The molecule has 0 atom stereocenters. The normalized spacial score (nSPS) is 11.0. The van der Waals surface area contributed by atoms with Crippen molar-refractivity contribution in [2.24, 2.45) is 0 Å². The molecule has 11 heteroatoms. The molecule has 0 radical (unpaired) electrons. The molecule has 0 saturated carbocycles. The van der Waals surface area contributed by atoms with E-state index in [2.05, 4.69) is 9.46 Å². The highest BCUT2D eigenvalue weighted by Gasteiger charge is 2.32. The lowest BCUT2D eigenvalue weighted by Gasteiger charge is -2.15. The van der Waals surface area contributed by atoms with Crippen molar-refractivity contribution >= 4 is 29.6 Å². The predicted octanol–water partition coefficient (Wildman–Crippen LogP) is 4.11. The lowest BCUT2D eigenvalue weighted by atomic mass is 10.1. The molecule has 0 fully saturated rings. The molecular formula is C16H12F3NO6S. The lowest BCUT2D eigenvalue weighted by Crippen LogP contribution is -2.17. The minimum Gasteiger partial charge on any atom is -0.495 e. The predicted molar refractivity (Wildman–Crippen MR) is 89.5 cm³/mol. The van der Waals surface area contributed by atoms with Crippen LogP contribution in [0.15, 0.2) is 41.3 Å². The number of hydrogen-bond donors (Lipinski definition) is 3. The molecule has 0 saturated heterocycles. The van der Waals surface area contributed by atoms with Crippen LogP contribution >= 0.6 is 11.9 Å². The highest BCUT2D eigenvalue weighted by Crippen LogP contribution is 2.37. The summed E-state index contributed by atoms with van der Waals surface area (Å²) in [5, 5.41) is 18.3. The molecule has 2 aromatic rings. The Labute approximate surface area is 154 Å². The van der Waals surface area contributed by atoms with Gasteiger partial charge in [-0.2, -0.15) is 0 Å². The third kappa shape index (κ3) is 5.20. The molecule has 2 rings (SSSR count). The third-order valence-electron chi connectivity index (χ3n) is 3.15. The Morgan fingerprint density at radius 2 is 1.63 bits per heavy atom. The van der Waals surface area contributed by atoms with Crippen LogP contribution < -0.4 is 14.2 Å². The van der Waals surface area contributed by atoms with Crippen molar-refractivity contribution in [3.05, 3.63) is 47.5 Å². The monoisotopic (exact) mass is 403 g/mol. The fourth-order valence-electron chi connectivity index (χ4n) is 2.04. The summed E-state index contributed by atoms with van der Waals surface area (Å²) >= 11 is 0.710. The first-order valence-electron chi connectivity index (χ1n) is 7.08. The molecule has 2 aromatic carbocycles. The number of alkyl halides is 3. The molecular weight excluding hydrogens is 391 g/mol. The first-order chi connectivity index (χ1) is 12.6. The number of nitrogens with one attached hydrogen (secondary N) is 1. The van der Waals surface area contributed by atoms with Gasteiger partial charge in [-0.1, -0.05) is 12.1 Å². The first-order valence-corrected chi connectivity index (χ1v) is 7.90. The van der Waals surface area contributed by atoms with Crippen LogP contribution in [0, 0.1) is 0 Å². The maximum Gasteiger partial charge on any atom is 0.573 e. The quantitative estimate of drug-likeness (QED) is 0.594. The summed E-state index contributed by atoms with van der Waals surface area (Å²) < 4.78 is 49.0. The number of aromatic carboxylic acids is 2. The highest BCUT2D eigenvalue weighted by molar-refractivity contribution is 8.00. The van der Waals surface area contributed by atoms with E-state index in [1.807, 2.05) is 0 Å². The van der Waals surface area contributed by atoms with Crippen LogP contribution in [-0.2, 0) is 0 Å². The Balaban J connectivity index is 2.35. The van der Waals surface area contributed by atoms with Crippen molar-refractivity contribution in [3.8, 4) is 11.5 Å². The van der Waals surface area contributed by atoms with Crippen LogP contribution in [0.3, 0.4) is 0 Å². The Morgan fingerprint density at radius 3 is 2.19 bits per heavy atom. The molecule has 0 aromatic heterocycles. The average molecular weight is 403 g/mol. The van der Waals surface area contributed by atoms with Crippen LogP contribution in [0.1, 0.15) is 20.7 Å². The molecule has 0 amide bonds. The smallest absolute Gasteiger partial charge is 0.495 e. The maximum atomic E-state index is 12.5. The molecule has 0 unspecified atom stereocenters. The fraction of sp³-hybridized carbons (Fsp3) is 0.125. The number of rotatable bonds is 7. The van der Waals surface area contributed by atoms with Crippen molar-refractivity contribution in [1.82, 2.24) is 0 Å². The number of carboxylic acid groups (broad SMARTS) is 2. The number of hydrogen-bond acceptors (Lipinski definition) is 6. The van der Waals surface area contributed by atoms with Crippen molar-refractivity contribution in [3.63, 3.8) is 0 Å². The maximum absolute atomic E-state index is 12.5. The van der Waals surface area contributed by atoms with E-state index in [-0.39, 0.29) is 16.3 Å². The number of carbonyl (C=O) groups is 2. The Hall–Kier alpha value is -3.08.